The van der Waals surface area contributed by atoms with Crippen LogP contribution in [-0.4, -0.2) is 23.4 Å². The van der Waals surface area contributed by atoms with Crippen LogP contribution in [0.4, 0.5) is 10.1 Å². The van der Waals surface area contributed by atoms with E-state index in [9.17, 15) is 9.18 Å². The summed E-state index contributed by atoms with van der Waals surface area (Å²) >= 11 is 1.37. The molecule has 158 valence electrons. The number of halogens is 1. The highest BCUT2D eigenvalue weighted by Crippen LogP contribution is 2.29. The minimum atomic E-state index is -0.375. The summed E-state index contributed by atoms with van der Waals surface area (Å²) in [6.45, 7) is 0.363. The summed E-state index contributed by atoms with van der Waals surface area (Å²) in [4.78, 5) is 19.1. The highest BCUT2D eigenvalue weighted by atomic mass is 32.2. The number of rotatable bonds is 6. The molecule has 0 aromatic heterocycles. The van der Waals surface area contributed by atoms with Crippen LogP contribution in [0.2, 0.25) is 0 Å². The SMILES string of the molecule is N#Cc1cccc(OCCSC2=N/C(=C/c3ccccc3)C(=O)N2c2ccc(F)cc2)c1. The molecule has 0 spiro atoms. The highest BCUT2D eigenvalue weighted by Gasteiger charge is 2.31. The van der Waals surface area contributed by atoms with Gasteiger partial charge in [-0.1, -0.05) is 48.2 Å². The van der Waals surface area contributed by atoms with Gasteiger partial charge < -0.3 is 4.74 Å². The van der Waals surface area contributed by atoms with E-state index in [-0.39, 0.29) is 11.7 Å². The van der Waals surface area contributed by atoms with Crippen molar-refractivity contribution in [1.82, 2.24) is 0 Å². The number of thioether (sulfide) groups is 1. The van der Waals surface area contributed by atoms with Crippen molar-refractivity contribution in [2.75, 3.05) is 17.3 Å². The summed E-state index contributed by atoms with van der Waals surface area (Å²) in [5.41, 5.74) is 2.25. The normalized spacial score (nSPS) is 14.4. The third kappa shape index (κ3) is 5.05. The quantitative estimate of drug-likeness (QED) is 0.385. The largest absolute Gasteiger partial charge is 0.493 e. The van der Waals surface area contributed by atoms with Gasteiger partial charge in [-0.05, 0) is 54.1 Å². The van der Waals surface area contributed by atoms with Crippen molar-refractivity contribution in [1.29, 1.82) is 5.26 Å². The van der Waals surface area contributed by atoms with Crippen molar-refractivity contribution in [2.45, 2.75) is 0 Å². The first-order valence-electron chi connectivity index (χ1n) is 9.85. The molecule has 0 saturated carbocycles. The number of nitriles is 1. The van der Waals surface area contributed by atoms with Crippen molar-refractivity contribution in [3.8, 4) is 11.8 Å². The minimum absolute atomic E-state index is 0.273. The maximum absolute atomic E-state index is 13.4. The van der Waals surface area contributed by atoms with E-state index in [0.29, 0.717) is 40.2 Å². The number of aliphatic imine (C=N–C) groups is 1. The Hall–Kier alpha value is -3.89. The van der Waals surface area contributed by atoms with Gasteiger partial charge in [-0.2, -0.15) is 5.26 Å². The summed E-state index contributed by atoms with van der Waals surface area (Å²) in [7, 11) is 0. The Balaban J connectivity index is 1.51. The Morgan fingerprint density at radius 3 is 2.59 bits per heavy atom. The van der Waals surface area contributed by atoms with Crippen molar-refractivity contribution < 1.29 is 13.9 Å². The number of hydrogen-bond acceptors (Lipinski definition) is 5. The molecule has 0 bridgehead atoms. The van der Waals surface area contributed by atoms with E-state index in [1.165, 1.54) is 28.8 Å². The molecule has 3 aromatic rings. The molecule has 0 fully saturated rings. The van der Waals surface area contributed by atoms with Gasteiger partial charge in [0.1, 0.15) is 17.3 Å². The molecule has 0 radical (unpaired) electrons. The molecule has 1 aliphatic rings. The third-order valence-electron chi connectivity index (χ3n) is 4.56. The van der Waals surface area contributed by atoms with Crippen LogP contribution >= 0.6 is 11.8 Å². The molecular weight excluding hydrogens is 425 g/mol. The number of hydrogen-bond donors (Lipinski definition) is 0. The Morgan fingerprint density at radius 1 is 1.06 bits per heavy atom. The predicted octanol–water partition coefficient (Wildman–Crippen LogP) is 5.25. The fourth-order valence-electron chi connectivity index (χ4n) is 3.07. The fourth-order valence-corrected chi connectivity index (χ4v) is 3.90. The molecular formula is C25H18FN3O2S. The van der Waals surface area contributed by atoms with Gasteiger partial charge in [-0.3, -0.25) is 9.69 Å². The molecule has 32 heavy (non-hydrogen) atoms. The third-order valence-corrected chi connectivity index (χ3v) is 5.47. The van der Waals surface area contributed by atoms with Gasteiger partial charge in [0.05, 0.1) is 23.9 Å². The number of anilines is 1. The standard InChI is InChI=1S/C25H18FN3O2S/c26-20-9-11-21(12-10-20)29-24(30)23(16-18-5-2-1-3-6-18)28-25(29)32-14-13-31-22-8-4-7-19(15-22)17-27/h1-12,15-16H,13-14H2/b23-16+. The molecule has 1 amide bonds. The van der Waals surface area contributed by atoms with E-state index in [4.69, 9.17) is 10.00 Å². The van der Waals surface area contributed by atoms with Crippen LogP contribution in [0, 0.1) is 17.1 Å². The lowest BCUT2D eigenvalue weighted by Gasteiger charge is -2.17. The molecule has 5 nitrogen and oxygen atoms in total. The highest BCUT2D eigenvalue weighted by molar-refractivity contribution is 8.14. The van der Waals surface area contributed by atoms with Gasteiger partial charge in [-0.25, -0.2) is 9.38 Å². The lowest BCUT2D eigenvalue weighted by molar-refractivity contribution is -0.113. The van der Waals surface area contributed by atoms with Crippen molar-refractivity contribution >= 4 is 34.6 Å². The van der Waals surface area contributed by atoms with Gasteiger partial charge in [0.25, 0.3) is 5.91 Å². The molecule has 0 saturated heterocycles. The van der Waals surface area contributed by atoms with Crippen molar-refractivity contribution in [3.63, 3.8) is 0 Å². The summed E-state index contributed by atoms with van der Waals surface area (Å²) in [6.07, 6.45) is 1.73. The van der Waals surface area contributed by atoms with Crippen molar-refractivity contribution in [2.24, 2.45) is 4.99 Å². The molecule has 0 atom stereocenters. The molecule has 4 rings (SSSR count). The van der Waals surface area contributed by atoms with Crippen LogP contribution in [0.25, 0.3) is 6.08 Å². The summed E-state index contributed by atoms with van der Waals surface area (Å²) in [6, 6.07) is 24.2. The fraction of sp³-hybridized carbons (Fsp3) is 0.0800. The van der Waals surface area contributed by atoms with E-state index in [1.807, 2.05) is 30.3 Å². The second-order valence-corrected chi connectivity index (χ2v) is 7.85. The molecule has 3 aromatic carbocycles. The number of ether oxygens (including phenoxy) is 1. The Morgan fingerprint density at radius 2 is 1.84 bits per heavy atom. The van der Waals surface area contributed by atoms with Crippen LogP contribution < -0.4 is 9.64 Å². The van der Waals surface area contributed by atoms with Crippen LogP contribution in [-0.2, 0) is 4.79 Å². The molecule has 1 heterocycles. The first kappa shape index (κ1) is 21.3. The van der Waals surface area contributed by atoms with Gasteiger partial charge in [0, 0.05) is 5.75 Å². The van der Waals surface area contributed by atoms with E-state index < -0.39 is 0 Å². The predicted molar refractivity (Wildman–Crippen MR) is 125 cm³/mol. The number of amides is 1. The minimum Gasteiger partial charge on any atom is -0.493 e. The number of nitrogens with zero attached hydrogens (tertiary/aromatic N) is 3. The van der Waals surface area contributed by atoms with Crippen molar-refractivity contribution in [3.05, 3.63) is 102 Å². The van der Waals surface area contributed by atoms with Gasteiger partial charge in [-0.15, -0.1) is 0 Å². The lowest BCUT2D eigenvalue weighted by Crippen LogP contribution is -2.30. The maximum Gasteiger partial charge on any atom is 0.283 e. The van der Waals surface area contributed by atoms with Gasteiger partial charge in [0.2, 0.25) is 0 Å². The first-order valence-corrected chi connectivity index (χ1v) is 10.8. The molecule has 0 unspecified atom stereocenters. The van der Waals surface area contributed by atoms with E-state index >= 15 is 0 Å². The number of amidine groups is 1. The zero-order valence-corrected chi connectivity index (χ0v) is 17.8. The van der Waals surface area contributed by atoms with Gasteiger partial charge in [0.15, 0.2) is 5.17 Å². The Labute approximate surface area is 189 Å². The molecule has 7 heteroatoms. The topological polar surface area (TPSA) is 65.7 Å². The van der Waals surface area contributed by atoms with E-state index in [1.54, 1.807) is 42.5 Å². The second kappa shape index (κ2) is 9.94. The average molecular weight is 444 g/mol. The van der Waals surface area contributed by atoms with Crippen LogP contribution in [0.5, 0.6) is 5.75 Å². The Bertz CT molecular complexity index is 1220. The monoisotopic (exact) mass is 443 g/mol. The van der Waals surface area contributed by atoms with Gasteiger partial charge >= 0.3 is 0 Å². The zero-order valence-electron chi connectivity index (χ0n) is 16.9. The first-order chi connectivity index (χ1) is 15.6. The second-order valence-electron chi connectivity index (χ2n) is 6.79. The van der Waals surface area contributed by atoms with E-state index in [0.717, 1.165) is 5.56 Å². The summed E-state index contributed by atoms with van der Waals surface area (Å²) in [5, 5.41) is 9.49. The average Bonchev–Trinajstić information content (AvgIpc) is 3.13. The van der Waals surface area contributed by atoms with Crippen LogP contribution in [0.15, 0.2) is 89.6 Å². The Kier molecular flexibility index (Phi) is 6.63. The van der Waals surface area contributed by atoms with Crippen LogP contribution in [0.1, 0.15) is 11.1 Å². The van der Waals surface area contributed by atoms with E-state index in [2.05, 4.69) is 11.1 Å². The zero-order chi connectivity index (χ0) is 22.3. The maximum atomic E-state index is 13.4. The number of carbonyl (C=O) groups is 1. The number of benzene rings is 3. The van der Waals surface area contributed by atoms with Crippen LogP contribution in [0.3, 0.4) is 0 Å². The lowest BCUT2D eigenvalue weighted by atomic mass is 10.2. The molecule has 0 aliphatic carbocycles. The molecule has 0 N–H and O–H groups in total. The summed E-state index contributed by atoms with van der Waals surface area (Å²) < 4.78 is 19.1. The number of carbonyl (C=O) groups excluding carboxylic acids is 1. The summed E-state index contributed by atoms with van der Waals surface area (Å²) in [5.74, 6) is 0.485. The smallest absolute Gasteiger partial charge is 0.283 e. The molecule has 1 aliphatic heterocycles.